The molecule has 3 rings (SSSR count). The summed E-state index contributed by atoms with van der Waals surface area (Å²) in [7, 11) is 0. The van der Waals surface area contributed by atoms with Gasteiger partial charge in [0.05, 0.1) is 6.61 Å². The summed E-state index contributed by atoms with van der Waals surface area (Å²) in [6, 6.07) is 16.9. The fourth-order valence-corrected chi connectivity index (χ4v) is 2.69. The largest absolute Gasteiger partial charge is 0.353 e. The number of hydrogen-bond donors (Lipinski definition) is 0. The van der Waals surface area contributed by atoms with Gasteiger partial charge in [0.1, 0.15) is 0 Å². The Hall–Kier alpha value is -2.23. The summed E-state index contributed by atoms with van der Waals surface area (Å²) < 4.78 is 11.2. The van der Waals surface area contributed by atoms with Crippen LogP contribution in [0.2, 0.25) is 0 Å². The average molecular weight is 322 g/mol. The monoisotopic (exact) mass is 322 g/mol. The van der Waals surface area contributed by atoms with Gasteiger partial charge in [-0.25, -0.2) is 0 Å². The number of carbonyl (C=O) groups is 1. The molecule has 1 aliphatic heterocycles. The molecule has 24 heavy (non-hydrogen) atoms. The molecular weight excluding hydrogens is 300 g/mol. The van der Waals surface area contributed by atoms with E-state index in [1.165, 1.54) is 6.42 Å². The molecular formula is C21H22O3. The Morgan fingerprint density at radius 3 is 2.50 bits per heavy atom. The van der Waals surface area contributed by atoms with Crippen molar-refractivity contribution in [2.75, 3.05) is 13.2 Å². The molecule has 0 saturated carbocycles. The first-order chi connectivity index (χ1) is 11.8. The van der Waals surface area contributed by atoms with Crippen molar-refractivity contribution in [1.82, 2.24) is 0 Å². The van der Waals surface area contributed by atoms with Crippen LogP contribution in [0.4, 0.5) is 0 Å². The van der Waals surface area contributed by atoms with E-state index in [9.17, 15) is 4.79 Å². The molecule has 3 heteroatoms. The van der Waals surface area contributed by atoms with E-state index in [1.807, 2.05) is 66.7 Å². The molecule has 0 radical (unpaired) electrons. The van der Waals surface area contributed by atoms with Crippen molar-refractivity contribution < 1.29 is 14.3 Å². The molecule has 1 saturated heterocycles. The smallest absolute Gasteiger partial charge is 0.193 e. The van der Waals surface area contributed by atoms with Gasteiger partial charge < -0.3 is 9.47 Å². The molecule has 0 bridgehead atoms. The number of benzene rings is 2. The maximum Gasteiger partial charge on any atom is 0.193 e. The topological polar surface area (TPSA) is 35.5 Å². The molecule has 0 aliphatic carbocycles. The molecule has 0 N–H and O–H groups in total. The zero-order valence-electron chi connectivity index (χ0n) is 13.7. The number of ketones is 1. The van der Waals surface area contributed by atoms with Crippen LogP contribution in [-0.4, -0.2) is 25.3 Å². The molecule has 0 aromatic heterocycles. The van der Waals surface area contributed by atoms with E-state index in [4.69, 9.17) is 9.47 Å². The molecule has 0 spiro atoms. The maximum atomic E-state index is 12.3. The van der Waals surface area contributed by atoms with Crippen molar-refractivity contribution in [2.45, 2.75) is 25.6 Å². The molecule has 2 aromatic carbocycles. The number of hydrogen-bond acceptors (Lipinski definition) is 3. The van der Waals surface area contributed by atoms with E-state index in [0.29, 0.717) is 17.7 Å². The summed E-state index contributed by atoms with van der Waals surface area (Å²) in [4.78, 5) is 12.3. The number of rotatable bonds is 6. The molecule has 1 unspecified atom stereocenters. The van der Waals surface area contributed by atoms with Gasteiger partial charge in [-0.1, -0.05) is 66.7 Å². The normalized spacial score (nSPS) is 17.9. The third-order valence-corrected chi connectivity index (χ3v) is 4.04. The van der Waals surface area contributed by atoms with E-state index in [-0.39, 0.29) is 12.1 Å². The van der Waals surface area contributed by atoms with Gasteiger partial charge >= 0.3 is 0 Å². The summed E-state index contributed by atoms with van der Waals surface area (Å²) in [5.41, 5.74) is 2.46. The second-order valence-electron chi connectivity index (χ2n) is 5.85. The van der Waals surface area contributed by atoms with E-state index in [2.05, 4.69) is 0 Å². The molecule has 1 aliphatic rings. The van der Waals surface area contributed by atoms with Gasteiger partial charge in [0.25, 0.3) is 0 Å². The minimum atomic E-state index is -0.0609. The van der Waals surface area contributed by atoms with Crippen LogP contribution >= 0.6 is 0 Å². The first-order valence-electron chi connectivity index (χ1n) is 8.42. The van der Waals surface area contributed by atoms with Gasteiger partial charge in [-0.2, -0.15) is 0 Å². The summed E-state index contributed by atoms with van der Waals surface area (Å²) in [5, 5.41) is 0. The second-order valence-corrected chi connectivity index (χ2v) is 5.85. The molecule has 124 valence electrons. The Bertz CT molecular complexity index is 668. The lowest BCUT2D eigenvalue weighted by Gasteiger charge is -2.21. The third kappa shape index (κ3) is 4.63. The molecule has 2 aromatic rings. The molecule has 1 heterocycles. The predicted molar refractivity (Wildman–Crippen MR) is 94.9 cm³/mol. The van der Waals surface area contributed by atoms with Crippen LogP contribution in [0.1, 0.15) is 40.7 Å². The maximum absolute atomic E-state index is 12.3. The van der Waals surface area contributed by atoms with Crippen LogP contribution in [0.25, 0.3) is 6.08 Å². The Kier molecular flexibility index (Phi) is 5.94. The van der Waals surface area contributed by atoms with Gasteiger partial charge in [-0.3, -0.25) is 4.79 Å². The van der Waals surface area contributed by atoms with Crippen molar-refractivity contribution in [1.29, 1.82) is 0 Å². The standard InChI is InChI=1S/C21H22O3/c22-21(18-8-2-1-3-9-18)19-13-11-17(12-14-19)7-6-16-24-20-10-4-5-15-23-20/h1-3,6-9,11-14,20H,4-5,10,15-16H2/b7-6+. The van der Waals surface area contributed by atoms with Crippen molar-refractivity contribution in [2.24, 2.45) is 0 Å². The Balaban J connectivity index is 1.52. The Labute approximate surface area is 142 Å². The minimum absolute atomic E-state index is 0.0453. The van der Waals surface area contributed by atoms with E-state index >= 15 is 0 Å². The summed E-state index contributed by atoms with van der Waals surface area (Å²) in [6.07, 6.45) is 7.19. The van der Waals surface area contributed by atoms with Crippen LogP contribution in [0.3, 0.4) is 0 Å². The summed E-state index contributed by atoms with van der Waals surface area (Å²) in [6.45, 7) is 1.33. The van der Waals surface area contributed by atoms with E-state index in [0.717, 1.165) is 25.0 Å². The van der Waals surface area contributed by atoms with Crippen LogP contribution in [0.5, 0.6) is 0 Å². The Morgan fingerprint density at radius 2 is 1.79 bits per heavy atom. The van der Waals surface area contributed by atoms with Gasteiger partial charge in [0.15, 0.2) is 12.1 Å². The second kappa shape index (κ2) is 8.57. The van der Waals surface area contributed by atoms with Crippen molar-refractivity contribution >= 4 is 11.9 Å². The average Bonchev–Trinajstić information content (AvgIpc) is 2.67. The Morgan fingerprint density at radius 1 is 1.04 bits per heavy atom. The molecule has 1 fully saturated rings. The fourth-order valence-electron chi connectivity index (χ4n) is 2.69. The number of ether oxygens (including phenoxy) is 2. The van der Waals surface area contributed by atoms with Gasteiger partial charge in [0.2, 0.25) is 0 Å². The lowest BCUT2D eigenvalue weighted by Crippen LogP contribution is -2.22. The van der Waals surface area contributed by atoms with Crippen molar-refractivity contribution in [3.63, 3.8) is 0 Å². The van der Waals surface area contributed by atoms with E-state index < -0.39 is 0 Å². The molecule has 3 nitrogen and oxygen atoms in total. The fraction of sp³-hybridized carbons (Fsp3) is 0.286. The van der Waals surface area contributed by atoms with Crippen LogP contribution in [0.15, 0.2) is 60.7 Å². The van der Waals surface area contributed by atoms with Gasteiger partial charge in [-0.05, 0) is 24.8 Å². The highest BCUT2D eigenvalue weighted by Gasteiger charge is 2.12. The zero-order chi connectivity index (χ0) is 16.6. The number of carbonyl (C=O) groups excluding carboxylic acids is 1. The van der Waals surface area contributed by atoms with Gasteiger partial charge in [0, 0.05) is 17.7 Å². The van der Waals surface area contributed by atoms with Gasteiger partial charge in [-0.15, -0.1) is 0 Å². The van der Waals surface area contributed by atoms with Crippen molar-refractivity contribution in [3.05, 3.63) is 77.4 Å². The highest BCUT2D eigenvalue weighted by molar-refractivity contribution is 6.09. The quantitative estimate of drug-likeness (QED) is 0.736. The summed E-state index contributed by atoms with van der Waals surface area (Å²) in [5.74, 6) is 0.0453. The minimum Gasteiger partial charge on any atom is -0.353 e. The van der Waals surface area contributed by atoms with Crippen LogP contribution < -0.4 is 0 Å². The lowest BCUT2D eigenvalue weighted by atomic mass is 10.0. The van der Waals surface area contributed by atoms with E-state index in [1.54, 1.807) is 0 Å². The predicted octanol–water partition coefficient (Wildman–Crippen LogP) is 4.47. The molecule has 0 amide bonds. The first kappa shape index (κ1) is 16.6. The van der Waals surface area contributed by atoms with Crippen LogP contribution in [-0.2, 0) is 9.47 Å². The zero-order valence-corrected chi connectivity index (χ0v) is 13.7. The summed E-state index contributed by atoms with van der Waals surface area (Å²) >= 11 is 0. The highest BCUT2D eigenvalue weighted by Crippen LogP contribution is 2.14. The third-order valence-electron chi connectivity index (χ3n) is 4.04. The molecule has 1 atom stereocenters. The van der Waals surface area contributed by atoms with Crippen LogP contribution in [0, 0.1) is 0 Å². The SMILES string of the molecule is O=C(c1ccccc1)c1ccc(/C=C/COC2CCCCO2)cc1. The first-order valence-corrected chi connectivity index (χ1v) is 8.42. The lowest BCUT2D eigenvalue weighted by molar-refractivity contribution is -0.155. The highest BCUT2D eigenvalue weighted by atomic mass is 16.7. The van der Waals surface area contributed by atoms with Crippen molar-refractivity contribution in [3.8, 4) is 0 Å².